The second-order valence-corrected chi connectivity index (χ2v) is 6.63. The first-order valence-corrected chi connectivity index (χ1v) is 8.85. The van der Waals surface area contributed by atoms with E-state index < -0.39 is 5.92 Å². The zero-order valence-corrected chi connectivity index (χ0v) is 14.1. The van der Waals surface area contributed by atoms with Crippen LogP contribution in [0, 0.1) is 0 Å². The molecule has 1 heterocycles. The Morgan fingerprint density at radius 1 is 1.17 bits per heavy atom. The summed E-state index contributed by atoms with van der Waals surface area (Å²) in [6, 6.07) is 7.38. The molecular formula is C19H24N2O3. The molecule has 24 heavy (non-hydrogen) atoms. The summed E-state index contributed by atoms with van der Waals surface area (Å²) in [5, 5.41) is 3.10. The standard InChI is InChI=1S/C19H24N2O3/c1-2-21-17(22)12-16(19(21)24)14-10-6-7-11-15(14)18(23)20-13-8-4-3-5-9-13/h6-7,10-11,13,16H,2-5,8-9,12H2,1H3,(H,20,23). The summed E-state index contributed by atoms with van der Waals surface area (Å²) >= 11 is 0. The van der Waals surface area contributed by atoms with Crippen LogP contribution in [0.4, 0.5) is 0 Å². The third-order valence-electron chi connectivity index (χ3n) is 5.08. The molecule has 1 N–H and O–H groups in total. The minimum atomic E-state index is -0.536. The van der Waals surface area contributed by atoms with Crippen LogP contribution in [-0.4, -0.2) is 35.2 Å². The Kier molecular flexibility index (Phi) is 4.97. The molecule has 2 aliphatic rings. The molecule has 1 aromatic rings. The van der Waals surface area contributed by atoms with Crippen LogP contribution in [0.5, 0.6) is 0 Å². The quantitative estimate of drug-likeness (QED) is 0.864. The molecule has 5 heteroatoms. The molecule has 1 aliphatic heterocycles. The summed E-state index contributed by atoms with van der Waals surface area (Å²) in [6.07, 6.45) is 5.70. The fourth-order valence-electron chi connectivity index (χ4n) is 3.78. The Morgan fingerprint density at radius 2 is 1.88 bits per heavy atom. The van der Waals surface area contributed by atoms with Crippen molar-refractivity contribution in [1.82, 2.24) is 10.2 Å². The van der Waals surface area contributed by atoms with E-state index in [1.807, 2.05) is 6.07 Å². The monoisotopic (exact) mass is 328 g/mol. The van der Waals surface area contributed by atoms with Gasteiger partial charge in [-0.05, 0) is 31.4 Å². The van der Waals surface area contributed by atoms with Gasteiger partial charge in [-0.1, -0.05) is 37.5 Å². The highest BCUT2D eigenvalue weighted by Crippen LogP contribution is 2.31. The number of hydrogen-bond donors (Lipinski definition) is 1. The molecule has 0 spiro atoms. The largest absolute Gasteiger partial charge is 0.349 e. The van der Waals surface area contributed by atoms with Gasteiger partial charge in [0.15, 0.2) is 0 Å². The number of imide groups is 1. The number of amides is 3. The number of likely N-dealkylation sites (tertiary alicyclic amines) is 1. The number of nitrogens with one attached hydrogen (secondary N) is 1. The van der Waals surface area contributed by atoms with Crippen LogP contribution in [0.3, 0.4) is 0 Å². The Hall–Kier alpha value is -2.17. The van der Waals surface area contributed by atoms with Gasteiger partial charge in [0.05, 0.1) is 5.92 Å². The average Bonchev–Trinajstić information content (AvgIpc) is 2.89. The third kappa shape index (κ3) is 3.21. The molecule has 1 atom stereocenters. The molecule has 5 nitrogen and oxygen atoms in total. The highest BCUT2D eigenvalue weighted by Gasteiger charge is 2.40. The van der Waals surface area contributed by atoms with E-state index in [1.54, 1.807) is 25.1 Å². The van der Waals surface area contributed by atoms with Crippen LogP contribution in [0.15, 0.2) is 24.3 Å². The minimum Gasteiger partial charge on any atom is -0.349 e. The van der Waals surface area contributed by atoms with Gasteiger partial charge < -0.3 is 5.32 Å². The fourth-order valence-corrected chi connectivity index (χ4v) is 3.78. The summed E-state index contributed by atoms with van der Waals surface area (Å²) < 4.78 is 0. The number of carbonyl (C=O) groups is 3. The van der Waals surface area contributed by atoms with Crippen LogP contribution in [0.25, 0.3) is 0 Å². The topological polar surface area (TPSA) is 66.5 Å². The van der Waals surface area contributed by atoms with Crippen molar-refractivity contribution in [2.24, 2.45) is 0 Å². The molecule has 1 saturated heterocycles. The smallest absolute Gasteiger partial charge is 0.251 e. The maximum atomic E-state index is 12.7. The lowest BCUT2D eigenvalue weighted by molar-refractivity contribution is -0.138. The number of likely N-dealkylation sites (N-methyl/N-ethyl adjacent to an activating group) is 1. The van der Waals surface area contributed by atoms with Crippen molar-refractivity contribution in [3.05, 3.63) is 35.4 Å². The fraction of sp³-hybridized carbons (Fsp3) is 0.526. The third-order valence-corrected chi connectivity index (χ3v) is 5.08. The molecule has 2 fully saturated rings. The van der Waals surface area contributed by atoms with E-state index in [9.17, 15) is 14.4 Å². The van der Waals surface area contributed by atoms with Crippen LogP contribution < -0.4 is 5.32 Å². The van der Waals surface area contributed by atoms with Crippen molar-refractivity contribution in [3.63, 3.8) is 0 Å². The van der Waals surface area contributed by atoms with Crippen molar-refractivity contribution >= 4 is 17.7 Å². The van der Waals surface area contributed by atoms with Gasteiger partial charge in [0.1, 0.15) is 0 Å². The lowest BCUT2D eigenvalue weighted by Gasteiger charge is -2.23. The van der Waals surface area contributed by atoms with E-state index in [0.717, 1.165) is 25.7 Å². The highest BCUT2D eigenvalue weighted by atomic mass is 16.2. The van der Waals surface area contributed by atoms with E-state index in [-0.39, 0.29) is 30.2 Å². The second kappa shape index (κ2) is 7.16. The Balaban J connectivity index is 1.81. The average molecular weight is 328 g/mol. The zero-order valence-electron chi connectivity index (χ0n) is 14.1. The number of carbonyl (C=O) groups excluding carboxylic acids is 3. The number of rotatable bonds is 4. The van der Waals surface area contributed by atoms with Crippen molar-refractivity contribution in [2.45, 2.75) is 57.4 Å². The molecule has 1 unspecified atom stereocenters. The van der Waals surface area contributed by atoms with Gasteiger partial charge >= 0.3 is 0 Å². The van der Waals surface area contributed by atoms with Gasteiger partial charge in [0, 0.05) is 24.6 Å². The minimum absolute atomic E-state index is 0.132. The van der Waals surface area contributed by atoms with Crippen LogP contribution in [0.2, 0.25) is 0 Å². The van der Waals surface area contributed by atoms with Crippen molar-refractivity contribution in [2.75, 3.05) is 6.54 Å². The summed E-state index contributed by atoms with van der Waals surface area (Å²) in [6.45, 7) is 2.17. The SMILES string of the molecule is CCN1C(=O)CC(c2ccccc2C(=O)NC2CCCCC2)C1=O. The molecule has 1 aliphatic carbocycles. The predicted molar refractivity (Wildman–Crippen MR) is 90.5 cm³/mol. The van der Waals surface area contributed by atoms with Gasteiger partial charge in [0.25, 0.3) is 5.91 Å². The maximum Gasteiger partial charge on any atom is 0.251 e. The molecule has 1 aromatic carbocycles. The predicted octanol–water partition coefficient (Wildman–Crippen LogP) is 2.61. The maximum absolute atomic E-state index is 12.7. The molecule has 0 radical (unpaired) electrons. The molecular weight excluding hydrogens is 304 g/mol. The van der Waals surface area contributed by atoms with Crippen LogP contribution in [0.1, 0.15) is 67.3 Å². The van der Waals surface area contributed by atoms with Crippen LogP contribution in [-0.2, 0) is 9.59 Å². The normalized spacial score (nSPS) is 22.0. The molecule has 3 amide bonds. The molecule has 128 valence electrons. The molecule has 3 rings (SSSR count). The Morgan fingerprint density at radius 3 is 2.54 bits per heavy atom. The van der Waals surface area contributed by atoms with Gasteiger partial charge in [-0.15, -0.1) is 0 Å². The molecule has 0 bridgehead atoms. The van der Waals surface area contributed by atoms with E-state index in [4.69, 9.17) is 0 Å². The molecule has 1 saturated carbocycles. The lowest BCUT2D eigenvalue weighted by atomic mass is 9.91. The van der Waals surface area contributed by atoms with Gasteiger partial charge in [0.2, 0.25) is 11.8 Å². The van der Waals surface area contributed by atoms with Crippen molar-refractivity contribution < 1.29 is 14.4 Å². The summed E-state index contributed by atoms with van der Waals surface area (Å²) in [4.78, 5) is 38.5. The highest BCUT2D eigenvalue weighted by molar-refractivity contribution is 6.08. The second-order valence-electron chi connectivity index (χ2n) is 6.63. The van der Waals surface area contributed by atoms with E-state index in [0.29, 0.717) is 17.7 Å². The Labute approximate surface area is 142 Å². The number of benzene rings is 1. The lowest BCUT2D eigenvalue weighted by Crippen LogP contribution is -2.37. The number of hydrogen-bond acceptors (Lipinski definition) is 3. The first-order chi connectivity index (χ1) is 11.6. The van der Waals surface area contributed by atoms with Crippen molar-refractivity contribution in [1.29, 1.82) is 0 Å². The van der Waals surface area contributed by atoms with Crippen molar-refractivity contribution in [3.8, 4) is 0 Å². The summed E-state index contributed by atoms with van der Waals surface area (Å²) in [7, 11) is 0. The van der Waals surface area contributed by atoms with Gasteiger partial charge in [-0.2, -0.15) is 0 Å². The first-order valence-electron chi connectivity index (χ1n) is 8.85. The number of nitrogens with zero attached hydrogens (tertiary/aromatic N) is 1. The van der Waals surface area contributed by atoms with Gasteiger partial charge in [-0.3, -0.25) is 19.3 Å². The van der Waals surface area contributed by atoms with Crippen LogP contribution >= 0.6 is 0 Å². The van der Waals surface area contributed by atoms with Gasteiger partial charge in [-0.25, -0.2) is 0 Å². The summed E-state index contributed by atoms with van der Waals surface area (Å²) in [5.74, 6) is -1.02. The first kappa shape index (κ1) is 16.7. The molecule has 0 aromatic heterocycles. The van der Waals surface area contributed by atoms with E-state index in [1.165, 1.54) is 11.3 Å². The zero-order chi connectivity index (χ0) is 17.1. The Bertz CT molecular complexity index is 650. The summed E-state index contributed by atoms with van der Waals surface area (Å²) in [5.41, 5.74) is 1.19. The van der Waals surface area contributed by atoms with E-state index in [2.05, 4.69) is 5.32 Å². The van der Waals surface area contributed by atoms with E-state index >= 15 is 0 Å².